The first-order valence-corrected chi connectivity index (χ1v) is 6.08. The van der Waals surface area contributed by atoms with Crippen LogP contribution in [0.2, 0.25) is 0 Å². The monoisotopic (exact) mass is 264 g/mol. The quantitative estimate of drug-likeness (QED) is 0.796. The van der Waals surface area contributed by atoms with E-state index in [1.807, 2.05) is 31.2 Å². The van der Waals surface area contributed by atoms with Gasteiger partial charge in [-0.3, -0.25) is 4.79 Å². The van der Waals surface area contributed by atoms with E-state index in [-0.39, 0.29) is 17.1 Å². The molecular formula is C14H13ClO3. The molecule has 0 aliphatic heterocycles. The highest BCUT2D eigenvalue weighted by molar-refractivity contribution is 6.16. The van der Waals surface area contributed by atoms with Crippen LogP contribution in [0.1, 0.15) is 16.9 Å². The molecule has 3 nitrogen and oxygen atoms in total. The van der Waals surface area contributed by atoms with E-state index < -0.39 is 0 Å². The molecule has 0 saturated heterocycles. The minimum Gasteiger partial charge on any atom is -0.482 e. The van der Waals surface area contributed by atoms with Crippen molar-refractivity contribution in [2.24, 2.45) is 0 Å². The van der Waals surface area contributed by atoms with Crippen molar-refractivity contribution < 1.29 is 9.15 Å². The van der Waals surface area contributed by atoms with Crippen molar-refractivity contribution in [2.45, 2.75) is 19.4 Å². The van der Waals surface area contributed by atoms with Gasteiger partial charge in [-0.25, -0.2) is 0 Å². The Labute approximate surface area is 110 Å². The second-order valence-electron chi connectivity index (χ2n) is 3.98. The first kappa shape index (κ1) is 12.7. The van der Waals surface area contributed by atoms with Gasteiger partial charge in [0.2, 0.25) is 11.2 Å². The summed E-state index contributed by atoms with van der Waals surface area (Å²) < 4.78 is 10.6. The minimum absolute atomic E-state index is 0.174. The fourth-order valence-corrected chi connectivity index (χ4v) is 1.60. The third-order valence-electron chi connectivity index (χ3n) is 2.50. The van der Waals surface area contributed by atoms with E-state index in [9.17, 15) is 4.79 Å². The second-order valence-corrected chi connectivity index (χ2v) is 4.25. The number of aryl methyl sites for hydroxylation is 1. The lowest BCUT2D eigenvalue weighted by atomic mass is 10.2. The van der Waals surface area contributed by atoms with E-state index in [1.54, 1.807) is 0 Å². The van der Waals surface area contributed by atoms with Crippen LogP contribution in [0.5, 0.6) is 5.75 Å². The average molecular weight is 265 g/mol. The molecule has 4 heteroatoms. The summed E-state index contributed by atoms with van der Waals surface area (Å²) >= 11 is 5.57. The van der Waals surface area contributed by atoms with E-state index >= 15 is 0 Å². The fourth-order valence-electron chi connectivity index (χ4n) is 1.46. The summed E-state index contributed by atoms with van der Waals surface area (Å²) in [6, 6.07) is 9.27. The number of halogens is 1. The Morgan fingerprint density at radius 2 is 2.00 bits per heavy atom. The zero-order valence-corrected chi connectivity index (χ0v) is 10.7. The number of alkyl halides is 1. The maximum Gasteiger partial charge on any atom is 0.227 e. The molecule has 0 spiro atoms. The normalized spacial score (nSPS) is 10.3. The Morgan fingerprint density at radius 1 is 1.28 bits per heavy atom. The summed E-state index contributed by atoms with van der Waals surface area (Å²) in [4.78, 5) is 11.6. The molecule has 0 N–H and O–H groups in total. The van der Waals surface area contributed by atoms with E-state index in [0.717, 1.165) is 5.56 Å². The smallest absolute Gasteiger partial charge is 0.227 e. The van der Waals surface area contributed by atoms with Gasteiger partial charge in [0, 0.05) is 6.07 Å². The zero-order valence-electron chi connectivity index (χ0n) is 9.98. The second kappa shape index (κ2) is 5.74. The largest absolute Gasteiger partial charge is 0.482 e. The Bertz CT molecular complexity index is 572. The lowest BCUT2D eigenvalue weighted by molar-refractivity contribution is 0.290. The molecule has 0 aliphatic rings. The SMILES string of the molecule is Cc1ccc(COc2coc(CCl)cc2=O)cc1. The Morgan fingerprint density at radius 3 is 2.61 bits per heavy atom. The van der Waals surface area contributed by atoms with Crippen LogP contribution >= 0.6 is 11.6 Å². The van der Waals surface area contributed by atoms with E-state index in [1.165, 1.54) is 17.9 Å². The van der Waals surface area contributed by atoms with Gasteiger partial charge >= 0.3 is 0 Å². The average Bonchev–Trinajstić information content (AvgIpc) is 2.39. The van der Waals surface area contributed by atoms with Crippen LogP contribution in [0.4, 0.5) is 0 Å². The molecule has 0 fully saturated rings. The van der Waals surface area contributed by atoms with Gasteiger partial charge in [-0.1, -0.05) is 29.8 Å². The van der Waals surface area contributed by atoms with E-state index in [0.29, 0.717) is 12.4 Å². The summed E-state index contributed by atoms with van der Waals surface area (Å²) in [5.41, 5.74) is 1.97. The molecule has 0 atom stereocenters. The van der Waals surface area contributed by atoms with Gasteiger partial charge in [-0.15, -0.1) is 11.6 Å². The van der Waals surface area contributed by atoms with Crippen LogP contribution in [-0.4, -0.2) is 0 Å². The van der Waals surface area contributed by atoms with Crippen molar-refractivity contribution in [1.82, 2.24) is 0 Å². The topological polar surface area (TPSA) is 39.4 Å². The van der Waals surface area contributed by atoms with Crippen molar-refractivity contribution in [3.05, 3.63) is 63.7 Å². The first-order valence-electron chi connectivity index (χ1n) is 5.55. The van der Waals surface area contributed by atoms with Gasteiger partial charge in [-0.2, -0.15) is 0 Å². The van der Waals surface area contributed by atoms with Gasteiger partial charge in [0.25, 0.3) is 0 Å². The summed E-state index contributed by atoms with van der Waals surface area (Å²) in [5, 5.41) is 0. The molecule has 0 unspecified atom stereocenters. The van der Waals surface area contributed by atoms with E-state index in [4.69, 9.17) is 20.8 Å². The molecule has 0 amide bonds. The van der Waals surface area contributed by atoms with Crippen molar-refractivity contribution in [3.63, 3.8) is 0 Å². The number of benzene rings is 1. The van der Waals surface area contributed by atoms with Gasteiger partial charge in [0.05, 0.1) is 5.88 Å². The lowest BCUT2D eigenvalue weighted by Gasteiger charge is -2.05. The molecule has 0 aliphatic carbocycles. The van der Waals surface area contributed by atoms with Crippen molar-refractivity contribution in [1.29, 1.82) is 0 Å². The first-order chi connectivity index (χ1) is 8.69. The van der Waals surface area contributed by atoms with Gasteiger partial charge < -0.3 is 9.15 Å². The molecule has 0 bridgehead atoms. The van der Waals surface area contributed by atoms with Crippen LogP contribution in [0.3, 0.4) is 0 Å². The third-order valence-corrected chi connectivity index (χ3v) is 2.76. The maximum absolute atomic E-state index is 11.6. The molecular weight excluding hydrogens is 252 g/mol. The molecule has 2 aromatic rings. The van der Waals surface area contributed by atoms with Crippen LogP contribution in [0.25, 0.3) is 0 Å². The van der Waals surface area contributed by atoms with Gasteiger partial charge in [0.1, 0.15) is 18.6 Å². The molecule has 0 radical (unpaired) electrons. The summed E-state index contributed by atoms with van der Waals surface area (Å²) in [6.45, 7) is 2.36. The Kier molecular flexibility index (Phi) is 4.05. The molecule has 18 heavy (non-hydrogen) atoms. The van der Waals surface area contributed by atoms with Crippen LogP contribution in [0, 0.1) is 6.92 Å². The predicted molar refractivity (Wildman–Crippen MR) is 70.0 cm³/mol. The highest BCUT2D eigenvalue weighted by Gasteiger charge is 2.04. The standard InChI is InChI=1S/C14H13ClO3/c1-10-2-4-11(5-3-10)8-18-14-9-17-12(7-15)6-13(14)16/h2-6,9H,7-8H2,1H3. The molecule has 1 aromatic heterocycles. The molecule has 1 aromatic carbocycles. The maximum atomic E-state index is 11.6. The van der Waals surface area contributed by atoms with E-state index in [2.05, 4.69) is 0 Å². The van der Waals surface area contributed by atoms with Crippen molar-refractivity contribution in [3.8, 4) is 5.75 Å². The molecule has 2 rings (SSSR count). The predicted octanol–water partition coefficient (Wildman–Crippen LogP) is 3.27. The molecule has 0 saturated carbocycles. The van der Waals surface area contributed by atoms with Crippen molar-refractivity contribution in [2.75, 3.05) is 0 Å². The number of rotatable bonds is 4. The minimum atomic E-state index is -0.219. The summed E-state index contributed by atoms with van der Waals surface area (Å²) in [6.07, 6.45) is 1.30. The summed E-state index contributed by atoms with van der Waals surface area (Å²) in [7, 11) is 0. The highest BCUT2D eigenvalue weighted by atomic mass is 35.5. The lowest BCUT2D eigenvalue weighted by Crippen LogP contribution is -2.07. The third kappa shape index (κ3) is 3.14. The Balaban J connectivity index is 2.06. The number of hydrogen-bond donors (Lipinski definition) is 0. The Hall–Kier alpha value is -1.74. The zero-order chi connectivity index (χ0) is 13.0. The molecule has 1 heterocycles. The van der Waals surface area contributed by atoms with Crippen molar-refractivity contribution >= 4 is 11.6 Å². The van der Waals surface area contributed by atoms with Gasteiger partial charge in [0.15, 0.2) is 0 Å². The highest BCUT2D eigenvalue weighted by Crippen LogP contribution is 2.11. The summed E-state index contributed by atoms with van der Waals surface area (Å²) in [5.74, 6) is 0.807. The van der Waals surface area contributed by atoms with Gasteiger partial charge in [-0.05, 0) is 12.5 Å². The molecule has 94 valence electrons. The number of ether oxygens (including phenoxy) is 1. The fraction of sp³-hybridized carbons (Fsp3) is 0.214. The number of hydrogen-bond acceptors (Lipinski definition) is 3. The van der Waals surface area contributed by atoms with Crippen LogP contribution < -0.4 is 10.2 Å². The van der Waals surface area contributed by atoms with Crippen LogP contribution in [0.15, 0.2) is 45.8 Å². The van der Waals surface area contributed by atoms with Crippen LogP contribution in [-0.2, 0) is 12.5 Å².